The van der Waals surface area contributed by atoms with Crippen molar-refractivity contribution in [3.63, 3.8) is 0 Å². The third-order valence-electron chi connectivity index (χ3n) is 4.31. The number of ether oxygens (including phenoxy) is 1. The van der Waals surface area contributed by atoms with Crippen LogP contribution in [0.5, 0.6) is 0 Å². The molecular formula is C33H49NO4S. The minimum atomic E-state index is -0.864. The van der Waals surface area contributed by atoms with Crippen LogP contribution < -0.4 is 4.72 Å². The third-order valence-corrected chi connectivity index (χ3v) is 5.10. The molecule has 0 saturated heterocycles. The van der Waals surface area contributed by atoms with Gasteiger partial charge in [-0.3, -0.25) is 4.79 Å². The van der Waals surface area contributed by atoms with Crippen LogP contribution in [0.15, 0.2) is 95.7 Å². The maximum atomic E-state index is 10.4. The highest BCUT2D eigenvalue weighted by molar-refractivity contribution is 7.97. The molecule has 1 unspecified atom stereocenters. The summed E-state index contributed by atoms with van der Waals surface area (Å²) >= 11 is 1.32. The van der Waals surface area contributed by atoms with Crippen LogP contribution >= 0.6 is 11.9 Å². The maximum absolute atomic E-state index is 10.4. The zero-order valence-electron chi connectivity index (χ0n) is 24.8. The number of carboxylic acid groups (broad SMARTS) is 1. The van der Waals surface area contributed by atoms with Gasteiger partial charge in [0.2, 0.25) is 0 Å². The Hall–Kier alpha value is -3.24. The first kappa shape index (κ1) is 40.3. The van der Waals surface area contributed by atoms with Crippen LogP contribution in [-0.2, 0) is 9.53 Å². The second-order valence-corrected chi connectivity index (χ2v) is 8.79. The fourth-order valence-corrected chi connectivity index (χ4v) is 2.95. The van der Waals surface area contributed by atoms with E-state index < -0.39 is 5.97 Å². The summed E-state index contributed by atoms with van der Waals surface area (Å²) < 4.78 is 8.17. The molecule has 0 fully saturated rings. The third kappa shape index (κ3) is 24.8. The highest BCUT2D eigenvalue weighted by Gasteiger charge is 2.01. The maximum Gasteiger partial charge on any atom is 0.318 e. The van der Waals surface area contributed by atoms with Crippen LogP contribution in [-0.4, -0.2) is 35.4 Å². The molecule has 1 aromatic rings. The van der Waals surface area contributed by atoms with E-state index in [1.807, 2.05) is 88.4 Å². The SMILES string of the molecule is C#C.C=C(/C=C\C(=C/C)c1ccc(SNCC(=O)O)cc1)CC.CCC.C\C=C/C=C\C(=C\C)OC(C)CO. The summed E-state index contributed by atoms with van der Waals surface area (Å²) in [4.78, 5) is 11.4. The summed E-state index contributed by atoms with van der Waals surface area (Å²) in [5.74, 6) is -0.0868. The lowest BCUT2D eigenvalue weighted by atomic mass is 10.0. The van der Waals surface area contributed by atoms with Crippen molar-refractivity contribution < 1.29 is 19.7 Å². The first-order chi connectivity index (χ1) is 18.7. The van der Waals surface area contributed by atoms with Crippen molar-refractivity contribution in [1.82, 2.24) is 4.72 Å². The molecule has 0 aromatic heterocycles. The lowest BCUT2D eigenvalue weighted by Crippen LogP contribution is -2.15. The van der Waals surface area contributed by atoms with Gasteiger partial charge in [-0.2, -0.15) is 0 Å². The smallest absolute Gasteiger partial charge is 0.318 e. The lowest BCUT2D eigenvalue weighted by Gasteiger charge is -2.11. The zero-order valence-corrected chi connectivity index (χ0v) is 25.6. The Kier molecular flexibility index (Phi) is 30.3. The average Bonchev–Trinajstić information content (AvgIpc) is 2.95. The fraction of sp³-hybridized carbons (Fsp3) is 0.364. The first-order valence-corrected chi connectivity index (χ1v) is 13.8. The monoisotopic (exact) mass is 555 g/mol. The van der Waals surface area contributed by atoms with E-state index in [0.29, 0.717) is 0 Å². The molecule has 1 rings (SSSR count). The van der Waals surface area contributed by atoms with Crippen LogP contribution in [0.4, 0.5) is 0 Å². The van der Waals surface area contributed by atoms with Gasteiger partial charge in [0.25, 0.3) is 0 Å². The van der Waals surface area contributed by atoms with E-state index in [0.717, 1.165) is 33.8 Å². The van der Waals surface area contributed by atoms with E-state index in [2.05, 4.69) is 57.1 Å². The Labute approximate surface area is 242 Å². The molecule has 0 spiro atoms. The number of aliphatic hydroxyl groups is 1. The van der Waals surface area contributed by atoms with Gasteiger partial charge in [0.15, 0.2) is 0 Å². The summed E-state index contributed by atoms with van der Waals surface area (Å²) in [6.45, 7) is 18.0. The molecule has 3 N–H and O–H groups in total. The number of terminal acetylenes is 1. The number of hydrogen-bond donors (Lipinski definition) is 3. The van der Waals surface area contributed by atoms with Crippen LogP contribution in [0.3, 0.4) is 0 Å². The number of aliphatic hydroxyl groups excluding tert-OH is 1. The van der Waals surface area contributed by atoms with E-state index >= 15 is 0 Å². The number of benzene rings is 1. The van der Waals surface area contributed by atoms with Crippen molar-refractivity contribution in [1.29, 1.82) is 0 Å². The van der Waals surface area contributed by atoms with Gasteiger partial charge in [0, 0.05) is 4.90 Å². The molecule has 6 heteroatoms. The highest BCUT2D eigenvalue weighted by atomic mass is 32.2. The molecule has 0 radical (unpaired) electrons. The number of nitrogens with one attached hydrogen (secondary N) is 1. The first-order valence-electron chi connectivity index (χ1n) is 13.0. The van der Waals surface area contributed by atoms with Gasteiger partial charge in [-0.25, -0.2) is 4.72 Å². The van der Waals surface area contributed by atoms with Gasteiger partial charge in [0.05, 0.1) is 6.61 Å². The van der Waals surface area contributed by atoms with Crippen molar-refractivity contribution in [3.05, 3.63) is 96.3 Å². The van der Waals surface area contributed by atoms with Gasteiger partial charge in [-0.1, -0.05) is 87.9 Å². The van der Waals surface area contributed by atoms with Crippen LogP contribution in [0, 0.1) is 12.8 Å². The summed E-state index contributed by atoms with van der Waals surface area (Å²) in [5, 5.41) is 17.3. The Morgan fingerprint density at radius 2 is 1.64 bits per heavy atom. The minimum Gasteiger partial charge on any atom is -0.489 e. The van der Waals surface area contributed by atoms with Gasteiger partial charge in [0.1, 0.15) is 18.4 Å². The number of rotatable bonds is 13. The molecule has 1 aromatic carbocycles. The number of aliphatic carboxylic acids is 1. The molecule has 0 aliphatic rings. The van der Waals surface area contributed by atoms with Gasteiger partial charge in [-0.15, -0.1) is 12.8 Å². The van der Waals surface area contributed by atoms with E-state index in [1.165, 1.54) is 18.4 Å². The Morgan fingerprint density at radius 3 is 2.08 bits per heavy atom. The second kappa shape index (κ2) is 29.3. The molecule has 0 aliphatic carbocycles. The predicted molar refractivity (Wildman–Crippen MR) is 171 cm³/mol. The molecule has 0 amide bonds. The van der Waals surface area contributed by atoms with Crippen molar-refractivity contribution in [2.24, 2.45) is 0 Å². The van der Waals surface area contributed by atoms with Crippen molar-refractivity contribution in [2.75, 3.05) is 13.2 Å². The lowest BCUT2D eigenvalue weighted by molar-refractivity contribution is -0.135. The van der Waals surface area contributed by atoms with Gasteiger partial charge in [-0.05, 0) is 81.5 Å². The molecule has 5 nitrogen and oxygen atoms in total. The molecule has 0 saturated carbocycles. The van der Waals surface area contributed by atoms with E-state index in [-0.39, 0.29) is 19.3 Å². The summed E-state index contributed by atoms with van der Waals surface area (Å²) in [6.07, 6.45) is 25.7. The molecule has 0 aliphatic heterocycles. The minimum absolute atomic E-state index is 0.0365. The second-order valence-electron chi connectivity index (χ2n) is 7.82. The topological polar surface area (TPSA) is 78.8 Å². The molecule has 39 heavy (non-hydrogen) atoms. The van der Waals surface area contributed by atoms with E-state index in [1.54, 1.807) is 0 Å². The van der Waals surface area contributed by atoms with Crippen LogP contribution in [0.2, 0.25) is 0 Å². The van der Waals surface area contributed by atoms with Gasteiger partial charge < -0.3 is 14.9 Å². The van der Waals surface area contributed by atoms with Gasteiger partial charge >= 0.3 is 5.97 Å². The molecule has 0 heterocycles. The van der Waals surface area contributed by atoms with Crippen molar-refractivity contribution in [3.8, 4) is 12.8 Å². The number of hydrogen-bond acceptors (Lipinski definition) is 5. The highest BCUT2D eigenvalue weighted by Crippen LogP contribution is 2.21. The number of carboxylic acids is 1. The fourth-order valence-electron chi connectivity index (χ4n) is 2.32. The Bertz CT molecular complexity index is 938. The van der Waals surface area contributed by atoms with Crippen molar-refractivity contribution in [2.45, 2.75) is 72.3 Å². The molecule has 0 bridgehead atoms. The van der Waals surface area contributed by atoms with Crippen molar-refractivity contribution >= 4 is 23.5 Å². The normalized spacial score (nSPS) is 12.1. The Balaban J connectivity index is -0.000000616. The Morgan fingerprint density at radius 1 is 1.05 bits per heavy atom. The summed E-state index contributed by atoms with van der Waals surface area (Å²) in [5.41, 5.74) is 3.36. The van der Waals surface area contributed by atoms with Crippen LogP contribution in [0.25, 0.3) is 5.57 Å². The quantitative estimate of drug-likeness (QED) is 0.0982. The molecule has 216 valence electrons. The summed E-state index contributed by atoms with van der Waals surface area (Å²) in [7, 11) is 0. The summed E-state index contributed by atoms with van der Waals surface area (Å²) in [6, 6.07) is 8.00. The van der Waals surface area contributed by atoms with E-state index in [4.69, 9.17) is 14.9 Å². The van der Waals surface area contributed by atoms with Crippen LogP contribution in [0.1, 0.15) is 66.9 Å². The van der Waals surface area contributed by atoms with E-state index in [9.17, 15) is 4.79 Å². The molecular weight excluding hydrogens is 506 g/mol. The molecule has 1 atom stereocenters. The number of allylic oxidation sites excluding steroid dienone is 10. The zero-order chi connectivity index (χ0) is 30.5. The average molecular weight is 556 g/mol. The number of carbonyl (C=O) groups is 1. The standard InChI is InChI=1S/C17H21NO2S.C11H18O2.C3H8.C2H2/c1-4-13(3)6-7-14(5-2)15-8-10-16(11-9-15)21-18-12-17(19)20;1-4-6-7-8-11(5-2)13-10(3)9-12;1-3-2;1-2/h5-11,18H,3-4,12H2,1-2H3,(H,19,20);4-8,10,12H,9H2,1-3H3;3H2,1-2H3;1-2H/b7-6-,14-5+;6-4-,8-7-,11-5-;;. The largest absolute Gasteiger partial charge is 0.489 e. The predicted octanol–water partition coefficient (Wildman–Crippen LogP) is 8.38.